The fourth-order valence-electron chi connectivity index (χ4n) is 1.35. The maximum absolute atomic E-state index is 9.45. The molecule has 0 saturated heterocycles. The van der Waals surface area contributed by atoms with Gasteiger partial charge in [-0.05, 0) is 31.6 Å². The number of hydrogen-bond donors (Lipinski definition) is 1. The van der Waals surface area contributed by atoms with Crippen LogP contribution in [0.3, 0.4) is 0 Å². The van der Waals surface area contributed by atoms with Crippen LogP contribution in [0, 0.1) is 5.92 Å². The third kappa shape index (κ3) is 1.84. The average Bonchev–Trinajstić information content (AvgIpc) is 1.79. The first-order chi connectivity index (χ1) is 4.84. The molecule has 0 aliphatic heterocycles. The second-order valence-corrected chi connectivity index (χ2v) is 3.12. The zero-order chi connectivity index (χ0) is 7.40. The Hall–Kier alpha value is -0.300. The summed E-state index contributed by atoms with van der Waals surface area (Å²) >= 11 is 0. The predicted octanol–water partition coefficient (Wildman–Crippen LogP) is 2.11. The quantitative estimate of drug-likeness (QED) is 0.593. The van der Waals surface area contributed by atoms with E-state index in [4.69, 9.17) is 0 Å². The van der Waals surface area contributed by atoms with Gasteiger partial charge in [-0.2, -0.15) is 0 Å². The van der Waals surface area contributed by atoms with Crippen molar-refractivity contribution in [2.75, 3.05) is 0 Å². The smallest absolute Gasteiger partial charge is 0.0571 e. The van der Waals surface area contributed by atoms with Gasteiger partial charge in [-0.15, -0.1) is 6.58 Å². The summed E-state index contributed by atoms with van der Waals surface area (Å²) in [6.45, 7) is 3.62. The van der Waals surface area contributed by atoms with Gasteiger partial charge in [0.05, 0.1) is 6.10 Å². The Balaban J connectivity index is 2.07. The van der Waals surface area contributed by atoms with E-state index in [1.165, 1.54) is 19.3 Å². The van der Waals surface area contributed by atoms with E-state index < -0.39 is 0 Å². The number of aliphatic hydroxyl groups excluding tert-OH is 1. The van der Waals surface area contributed by atoms with Crippen LogP contribution in [0.25, 0.3) is 0 Å². The minimum atomic E-state index is -0.0493. The third-order valence-electron chi connectivity index (χ3n) is 2.36. The molecule has 0 radical (unpaired) electrons. The van der Waals surface area contributed by atoms with E-state index in [2.05, 4.69) is 6.58 Å². The summed E-state index contributed by atoms with van der Waals surface area (Å²) in [4.78, 5) is 0. The van der Waals surface area contributed by atoms with Gasteiger partial charge in [-0.25, -0.2) is 0 Å². The molecule has 0 aromatic heterocycles. The molecule has 1 unspecified atom stereocenters. The molecule has 58 valence electrons. The van der Waals surface area contributed by atoms with Gasteiger partial charge in [-0.3, -0.25) is 0 Å². The van der Waals surface area contributed by atoms with Crippen molar-refractivity contribution in [2.24, 2.45) is 5.92 Å². The van der Waals surface area contributed by atoms with Gasteiger partial charge in [-0.1, -0.05) is 12.5 Å². The molecule has 0 amide bonds. The van der Waals surface area contributed by atoms with Crippen molar-refractivity contribution in [2.45, 2.75) is 38.2 Å². The van der Waals surface area contributed by atoms with Gasteiger partial charge >= 0.3 is 0 Å². The van der Waals surface area contributed by atoms with Crippen LogP contribution in [-0.4, -0.2) is 11.2 Å². The summed E-state index contributed by atoms with van der Waals surface area (Å²) in [7, 11) is 0. The summed E-state index contributed by atoms with van der Waals surface area (Å²) in [5, 5.41) is 9.45. The van der Waals surface area contributed by atoms with Crippen molar-refractivity contribution < 1.29 is 5.11 Å². The summed E-state index contributed by atoms with van der Waals surface area (Å²) in [6.07, 6.45) is 7.48. The maximum Gasteiger partial charge on any atom is 0.0571 e. The molecule has 0 aromatic rings. The minimum absolute atomic E-state index is 0.0493. The number of allylic oxidation sites excluding steroid dienone is 1. The van der Waals surface area contributed by atoms with Crippen LogP contribution in [0.4, 0.5) is 0 Å². The molecule has 10 heavy (non-hydrogen) atoms. The van der Waals surface area contributed by atoms with Crippen LogP contribution in [0.1, 0.15) is 32.1 Å². The molecular weight excluding hydrogens is 124 g/mol. The maximum atomic E-state index is 9.45. The lowest BCUT2D eigenvalue weighted by molar-refractivity contribution is 0.0566. The highest BCUT2D eigenvalue weighted by Gasteiger charge is 2.24. The number of aliphatic hydroxyl groups is 1. The number of rotatable bonds is 4. The van der Waals surface area contributed by atoms with Gasteiger partial charge in [0, 0.05) is 0 Å². The summed E-state index contributed by atoms with van der Waals surface area (Å²) < 4.78 is 0. The largest absolute Gasteiger partial charge is 0.393 e. The van der Waals surface area contributed by atoms with Crippen LogP contribution in [0.2, 0.25) is 0 Å². The zero-order valence-electron chi connectivity index (χ0n) is 6.42. The van der Waals surface area contributed by atoms with Gasteiger partial charge in [0.2, 0.25) is 0 Å². The van der Waals surface area contributed by atoms with E-state index >= 15 is 0 Å². The lowest BCUT2D eigenvalue weighted by Crippen LogP contribution is -2.26. The van der Waals surface area contributed by atoms with Gasteiger partial charge in [0.15, 0.2) is 0 Å². The van der Waals surface area contributed by atoms with Crippen molar-refractivity contribution >= 4 is 0 Å². The lowest BCUT2D eigenvalue weighted by Gasteiger charge is -2.29. The second-order valence-electron chi connectivity index (χ2n) is 3.12. The molecule has 1 aliphatic rings. The van der Waals surface area contributed by atoms with Crippen LogP contribution >= 0.6 is 0 Å². The monoisotopic (exact) mass is 140 g/mol. The van der Waals surface area contributed by atoms with Gasteiger partial charge < -0.3 is 5.11 Å². The highest BCUT2D eigenvalue weighted by molar-refractivity contribution is 4.79. The minimum Gasteiger partial charge on any atom is -0.393 e. The molecule has 0 bridgehead atoms. The highest BCUT2D eigenvalue weighted by Crippen LogP contribution is 2.31. The normalized spacial score (nSPS) is 21.7. The molecule has 1 nitrogen and oxygen atoms in total. The van der Waals surface area contributed by atoms with Crippen LogP contribution in [0.15, 0.2) is 12.7 Å². The molecule has 1 saturated carbocycles. The van der Waals surface area contributed by atoms with E-state index in [0.29, 0.717) is 5.92 Å². The fraction of sp³-hybridized carbons (Fsp3) is 0.778. The van der Waals surface area contributed by atoms with E-state index in [1.807, 2.05) is 6.08 Å². The Morgan fingerprint density at radius 1 is 1.60 bits per heavy atom. The molecule has 1 aliphatic carbocycles. The van der Waals surface area contributed by atoms with Crippen molar-refractivity contribution in [3.8, 4) is 0 Å². The fourth-order valence-corrected chi connectivity index (χ4v) is 1.35. The van der Waals surface area contributed by atoms with E-state index in [0.717, 1.165) is 12.8 Å². The zero-order valence-corrected chi connectivity index (χ0v) is 6.42. The van der Waals surface area contributed by atoms with Gasteiger partial charge in [0.25, 0.3) is 0 Å². The number of hydrogen-bond acceptors (Lipinski definition) is 1. The SMILES string of the molecule is C=CCCC(O)C1CCC1. The van der Waals surface area contributed by atoms with Crippen LogP contribution < -0.4 is 0 Å². The molecule has 1 fully saturated rings. The van der Waals surface area contributed by atoms with E-state index in [1.54, 1.807) is 0 Å². The first kappa shape index (κ1) is 7.80. The van der Waals surface area contributed by atoms with Crippen LogP contribution in [-0.2, 0) is 0 Å². The highest BCUT2D eigenvalue weighted by atomic mass is 16.3. The van der Waals surface area contributed by atoms with Crippen molar-refractivity contribution in [3.05, 3.63) is 12.7 Å². The Labute approximate surface area is 62.8 Å². The Bertz CT molecular complexity index is 105. The molecule has 0 heterocycles. The Morgan fingerprint density at radius 2 is 2.30 bits per heavy atom. The predicted molar refractivity (Wildman–Crippen MR) is 42.8 cm³/mol. The molecular formula is C9H16O. The first-order valence-electron chi connectivity index (χ1n) is 4.13. The summed E-state index contributed by atoms with van der Waals surface area (Å²) in [5.74, 6) is 0.611. The third-order valence-corrected chi connectivity index (χ3v) is 2.36. The molecule has 0 aromatic carbocycles. The Kier molecular flexibility index (Phi) is 2.94. The standard InChI is InChI=1S/C9H16O/c1-2-3-7-9(10)8-5-4-6-8/h2,8-10H,1,3-7H2. The van der Waals surface area contributed by atoms with Crippen molar-refractivity contribution in [1.29, 1.82) is 0 Å². The van der Waals surface area contributed by atoms with E-state index in [9.17, 15) is 5.11 Å². The van der Waals surface area contributed by atoms with E-state index in [-0.39, 0.29) is 6.10 Å². The molecule has 1 heteroatoms. The van der Waals surface area contributed by atoms with Crippen LogP contribution in [0.5, 0.6) is 0 Å². The van der Waals surface area contributed by atoms with Crippen molar-refractivity contribution in [1.82, 2.24) is 0 Å². The first-order valence-corrected chi connectivity index (χ1v) is 4.13. The molecule has 1 N–H and O–H groups in total. The van der Waals surface area contributed by atoms with Crippen molar-refractivity contribution in [3.63, 3.8) is 0 Å². The average molecular weight is 140 g/mol. The molecule has 0 spiro atoms. The van der Waals surface area contributed by atoms with Gasteiger partial charge in [0.1, 0.15) is 0 Å². The summed E-state index contributed by atoms with van der Waals surface area (Å²) in [6, 6.07) is 0. The second kappa shape index (κ2) is 3.77. The Morgan fingerprint density at radius 3 is 2.70 bits per heavy atom. The lowest BCUT2D eigenvalue weighted by atomic mass is 9.80. The topological polar surface area (TPSA) is 20.2 Å². The summed E-state index contributed by atoms with van der Waals surface area (Å²) in [5.41, 5.74) is 0. The molecule has 1 atom stereocenters. The molecule has 1 rings (SSSR count).